The van der Waals surface area contributed by atoms with Crippen LogP contribution in [0.5, 0.6) is 0 Å². The summed E-state index contributed by atoms with van der Waals surface area (Å²) in [6.45, 7) is 7.13. The largest absolute Gasteiger partial charge is 0.372 e. The van der Waals surface area contributed by atoms with Crippen LogP contribution in [0.3, 0.4) is 0 Å². The second-order valence-corrected chi connectivity index (χ2v) is 2.76. The highest BCUT2D eigenvalue weighted by atomic mass is 16.5. The average Bonchev–Trinajstić information content (AvgIpc) is 2.35. The fourth-order valence-corrected chi connectivity index (χ4v) is 1.27. The third-order valence-corrected chi connectivity index (χ3v) is 1.95. The van der Waals surface area contributed by atoms with Crippen LogP contribution in [0.15, 0.2) is 6.58 Å². The molecule has 1 aromatic rings. The van der Waals surface area contributed by atoms with E-state index in [9.17, 15) is 0 Å². The van der Waals surface area contributed by atoms with Crippen molar-refractivity contribution >= 4 is 5.57 Å². The smallest absolute Gasteiger partial charge is 0.0761 e. The molecule has 1 aromatic heterocycles. The molecule has 58 valence electrons. The van der Waals surface area contributed by atoms with Crippen molar-refractivity contribution in [2.45, 2.75) is 13.5 Å². The van der Waals surface area contributed by atoms with Crippen molar-refractivity contribution in [1.29, 1.82) is 0 Å². The van der Waals surface area contributed by atoms with Gasteiger partial charge in [-0.1, -0.05) is 6.58 Å². The SMILES string of the molecule is C=C1COCc2c(C)n[nH]c21. The van der Waals surface area contributed by atoms with Gasteiger partial charge in [-0.3, -0.25) is 5.10 Å². The number of aromatic amines is 1. The van der Waals surface area contributed by atoms with E-state index in [-0.39, 0.29) is 0 Å². The Morgan fingerprint density at radius 2 is 2.36 bits per heavy atom. The van der Waals surface area contributed by atoms with Gasteiger partial charge in [0.1, 0.15) is 0 Å². The van der Waals surface area contributed by atoms with Gasteiger partial charge < -0.3 is 4.74 Å². The molecule has 0 saturated carbocycles. The van der Waals surface area contributed by atoms with Crippen molar-refractivity contribution in [2.75, 3.05) is 6.61 Å². The molecule has 2 heterocycles. The maximum absolute atomic E-state index is 5.29. The standard InChI is InChI=1S/C8H10N2O/c1-5-3-11-4-7-6(2)9-10-8(5)7/h1,3-4H2,2H3,(H,9,10). The molecule has 1 aliphatic heterocycles. The first-order chi connectivity index (χ1) is 5.29. The topological polar surface area (TPSA) is 37.9 Å². The molecule has 0 atom stereocenters. The first-order valence-corrected chi connectivity index (χ1v) is 3.59. The van der Waals surface area contributed by atoms with Gasteiger partial charge in [0, 0.05) is 5.56 Å². The van der Waals surface area contributed by atoms with E-state index in [1.165, 1.54) is 0 Å². The number of aromatic nitrogens is 2. The summed E-state index contributed by atoms with van der Waals surface area (Å²) < 4.78 is 5.29. The monoisotopic (exact) mass is 150 g/mol. The van der Waals surface area contributed by atoms with Crippen molar-refractivity contribution < 1.29 is 4.74 Å². The first kappa shape index (κ1) is 6.61. The number of rotatable bonds is 0. The minimum Gasteiger partial charge on any atom is -0.372 e. The highest BCUT2D eigenvalue weighted by Gasteiger charge is 2.16. The maximum atomic E-state index is 5.29. The van der Waals surface area contributed by atoms with Crippen LogP contribution in [0.25, 0.3) is 5.57 Å². The van der Waals surface area contributed by atoms with E-state index in [4.69, 9.17) is 4.74 Å². The van der Waals surface area contributed by atoms with E-state index >= 15 is 0 Å². The zero-order valence-electron chi connectivity index (χ0n) is 6.48. The number of hydrogen-bond acceptors (Lipinski definition) is 2. The van der Waals surface area contributed by atoms with Crippen molar-refractivity contribution in [3.8, 4) is 0 Å². The van der Waals surface area contributed by atoms with Crippen LogP contribution >= 0.6 is 0 Å². The summed E-state index contributed by atoms with van der Waals surface area (Å²) in [4.78, 5) is 0. The van der Waals surface area contributed by atoms with Gasteiger partial charge in [-0.2, -0.15) is 5.10 Å². The quantitative estimate of drug-likeness (QED) is 0.604. The van der Waals surface area contributed by atoms with Crippen molar-refractivity contribution in [2.24, 2.45) is 0 Å². The molecule has 11 heavy (non-hydrogen) atoms. The summed E-state index contributed by atoms with van der Waals surface area (Å²) in [6.07, 6.45) is 0. The van der Waals surface area contributed by atoms with E-state index < -0.39 is 0 Å². The molecule has 0 saturated heterocycles. The molecule has 1 N–H and O–H groups in total. The molecule has 0 amide bonds. The van der Waals surface area contributed by atoms with E-state index in [2.05, 4.69) is 16.8 Å². The summed E-state index contributed by atoms with van der Waals surface area (Å²) in [5.41, 5.74) is 4.22. The predicted octanol–water partition coefficient (Wildman–Crippen LogP) is 1.26. The highest BCUT2D eigenvalue weighted by Crippen LogP contribution is 2.23. The fraction of sp³-hybridized carbons (Fsp3) is 0.375. The van der Waals surface area contributed by atoms with Crippen molar-refractivity contribution in [3.05, 3.63) is 23.5 Å². The Balaban J connectivity index is 2.55. The lowest BCUT2D eigenvalue weighted by Crippen LogP contribution is -2.07. The summed E-state index contributed by atoms with van der Waals surface area (Å²) >= 11 is 0. The molecule has 1 aliphatic rings. The molecule has 0 unspecified atom stereocenters. The van der Waals surface area contributed by atoms with Crippen LogP contribution in [0.1, 0.15) is 17.0 Å². The maximum Gasteiger partial charge on any atom is 0.0761 e. The number of nitrogens with zero attached hydrogens (tertiary/aromatic N) is 1. The Bertz CT molecular complexity index is 301. The Morgan fingerprint density at radius 1 is 1.55 bits per heavy atom. The van der Waals surface area contributed by atoms with Crippen molar-refractivity contribution in [1.82, 2.24) is 10.2 Å². The number of hydrogen-bond donors (Lipinski definition) is 1. The molecule has 0 spiro atoms. The molecule has 0 bridgehead atoms. The Kier molecular flexibility index (Phi) is 1.32. The average molecular weight is 150 g/mol. The minimum atomic E-state index is 0.620. The number of H-pyrrole nitrogens is 1. The Hall–Kier alpha value is -1.09. The Labute approximate surface area is 65.1 Å². The van der Waals surface area contributed by atoms with E-state index in [0.29, 0.717) is 13.2 Å². The van der Waals surface area contributed by atoms with Gasteiger partial charge in [0.2, 0.25) is 0 Å². The molecular weight excluding hydrogens is 140 g/mol. The van der Waals surface area contributed by atoms with Crippen LogP contribution in [0.2, 0.25) is 0 Å². The lowest BCUT2D eigenvalue weighted by molar-refractivity contribution is 0.146. The zero-order valence-corrected chi connectivity index (χ0v) is 6.48. The zero-order chi connectivity index (χ0) is 7.84. The van der Waals surface area contributed by atoms with Gasteiger partial charge >= 0.3 is 0 Å². The molecule has 0 fully saturated rings. The van der Waals surface area contributed by atoms with Crippen LogP contribution in [0, 0.1) is 6.92 Å². The van der Waals surface area contributed by atoms with Crippen LogP contribution in [-0.2, 0) is 11.3 Å². The molecule has 2 rings (SSSR count). The number of ether oxygens (including phenoxy) is 1. The van der Waals surface area contributed by atoms with Gasteiger partial charge in [-0.25, -0.2) is 0 Å². The molecular formula is C8H10N2O. The normalized spacial score (nSPS) is 16.6. The summed E-state index contributed by atoms with van der Waals surface area (Å²) in [5.74, 6) is 0. The lowest BCUT2D eigenvalue weighted by Gasteiger charge is -2.13. The van der Waals surface area contributed by atoms with Gasteiger partial charge in [-0.05, 0) is 12.5 Å². The van der Waals surface area contributed by atoms with Gasteiger partial charge in [0.15, 0.2) is 0 Å². The fourth-order valence-electron chi connectivity index (χ4n) is 1.27. The molecule has 3 nitrogen and oxygen atoms in total. The lowest BCUT2D eigenvalue weighted by atomic mass is 10.1. The summed E-state index contributed by atoms with van der Waals surface area (Å²) in [5, 5.41) is 7.03. The number of fused-ring (bicyclic) bond motifs is 1. The first-order valence-electron chi connectivity index (χ1n) is 3.59. The molecule has 0 radical (unpaired) electrons. The number of aryl methyl sites for hydroxylation is 1. The second-order valence-electron chi connectivity index (χ2n) is 2.76. The third kappa shape index (κ3) is 0.886. The molecule has 0 aliphatic carbocycles. The minimum absolute atomic E-state index is 0.620. The highest BCUT2D eigenvalue weighted by molar-refractivity contribution is 5.65. The summed E-state index contributed by atoms with van der Waals surface area (Å²) in [7, 11) is 0. The van der Waals surface area contributed by atoms with Gasteiger partial charge in [0.05, 0.1) is 24.6 Å². The van der Waals surface area contributed by atoms with Gasteiger partial charge in [0.25, 0.3) is 0 Å². The van der Waals surface area contributed by atoms with Crippen LogP contribution in [-0.4, -0.2) is 16.8 Å². The van der Waals surface area contributed by atoms with E-state index in [0.717, 1.165) is 22.5 Å². The van der Waals surface area contributed by atoms with Crippen molar-refractivity contribution in [3.63, 3.8) is 0 Å². The third-order valence-electron chi connectivity index (χ3n) is 1.95. The summed E-state index contributed by atoms with van der Waals surface area (Å²) in [6, 6.07) is 0. The predicted molar refractivity (Wildman–Crippen MR) is 42.0 cm³/mol. The second kappa shape index (κ2) is 2.20. The Morgan fingerprint density at radius 3 is 3.09 bits per heavy atom. The molecule has 3 heteroatoms. The van der Waals surface area contributed by atoms with E-state index in [1.807, 2.05) is 6.92 Å². The molecule has 0 aromatic carbocycles. The number of nitrogens with one attached hydrogen (secondary N) is 1. The van der Waals surface area contributed by atoms with Crippen LogP contribution < -0.4 is 0 Å². The van der Waals surface area contributed by atoms with Gasteiger partial charge in [-0.15, -0.1) is 0 Å². The van der Waals surface area contributed by atoms with Crippen LogP contribution in [0.4, 0.5) is 0 Å². The van der Waals surface area contributed by atoms with E-state index in [1.54, 1.807) is 0 Å².